The third kappa shape index (κ3) is 4.11. The van der Waals surface area contributed by atoms with E-state index in [4.69, 9.17) is 9.72 Å². The van der Waals surface area contributed by atoms with Crippen LogP contribution >= 0.6 is 0 Å². The molecule has 2 heterocycles. The van der Waals surface area contributed by atoms with E-state index in [2.05, 4.69) is 4.98 Å². The van der Waals surface area contributed by atoms with Gasteiger partial charge in [-0.1, -0.05) is 24.3 Å². The van der Waals surface area contributed by atoms with Crippen LogP contribution in [0.1, 0.15) is 30.4 Å². The van der Waals surface area contributed by atoms with Crippen molar-refractivity contribution in [2.75, 3.05) is 18.0 Å². The number of ether oxygens (including phenoxy) is 1. The number of fused-ring (bicyclic) bond motifs is 1. The van der Waals surface area contributed by atoms with Gasteiger partial charge in [0.1, 0.15) is 5.69 Å². The Hall–Kier alpha value is -3.02. The molecule has 0 bridgehead atoms. The van der Waals surface area contributed by atoms with Gasteiger partial charge in [-0.15, -0.1) is 0 Å². The summed E-state index contributed by atoms with van der Waals surface area (Å²) in [6, 6.07) is 15.9. The van der Waals surface area contributed by atoms with Crippen molar-refractivity contribution in [3.63, 3.8) is 0 Å². The summed E-state index contributed by atoms with van der Waals surface area (Å²) in [6.45, 7) is 6.81. The van der Waals surface area contributed by atoms with E-state index in [0.29, 0.717) is 29.9 Å². The molecule has 3 atom stereocenters. The lowest BCUT2D eigenvalue weighted by Gasteiger charge is -2.37. The number of rotatable bonds is 4. The SMILES string of the molecule is Cc1cccc(S(=O)(=O)[C@@H](C#N)c2nc3ccccc3nc2N2C[C@@H](C)O[C@H](C)C2)c1. The molecule has 31 heavy (non-hydrogen) atoms. The van der Waals surface area contributed by atoms with Crippen LogP contribution in [0.2, 0.25) is 0 Å². The molecule has 0 spiro atoms. The average molecular weight is 437 g/mol. The fourth-order valence-electron chi connectivity index (χ4n) is 3.97. The molecular weight excluding hydrogens is 412 g/mol. The van der Waals surface area contributed by atoms with Gasteiger partial charge < -0.3 is 9.64 Å². The Morgan fingerprint density at radius 3 is 2.32 bits per heavy atom. The summed E-state index contributed by atoms with van der Waals surface area (Å²) in [7, 11) is -4.01. The van der Waals surface area contributed by atoms with E-state index in [-0.39, 0.29) is 22.8 Å². The first-order valence-electron chi connectivity index (χ1n) is 10.2. The highest BCUT2D eigenvalue weighted by molar-refractivity contribution is 7.92. The van der Waals surface area contributed by atoms with Crippen molar-refractivity contribution in [2.45, 2.75) is 43.1 Å². The molecule has 0 radical (unpaired) electrons. The molecule has 0 saturated carbocycles. The maximum absolute atomic E-state index is 13.5. The molecular formula is C23H24N4O3S. The first kappa shape index (κ1) is 21.2. The number of hydrogen-bond acceptors (Lipinski definition) is 7. The number of morpholine rings is 1. The molecule has 8 heteroatoms. The van der Waals surface area contributed by atoms with Gasteiger partial charge in [0.15, 0.2) is 11.1 Å². The number of nitrogens with zero attached hydrogens (tertiary/aromatic N) is 4. The fourth-order valence-corrected chi connectivity index (χ4v) is 5.45. The lowest BCUT2D eigenvalue weighted by molar-refractivity contribution is -0.00550. The Morgan fingerprint density at radius 2 is 1.71 bits per heavy atom. The lowest BCUT2D eigenvalue weighted by Crippen LogP contribution is -2.46. The standard InChI is InChI=1S/C23H24N4O3S/c1-15-7-6-8-18(11-15)31(28,29)21(12-24)22-23(27-13-16(2)30-17(3)14-27)26-20-10-5-4-9-19(20)25-22/h4-11,16-17,21H,13-14H2,1-3H3/t16-,17-,21+/m1/s1. The minimum atomic E-state index is -4.01. The summed E-state index contributed by atoms with van der Waals surface area (Å²) in [5, 5.41) is 8.53. The van der Waals surface area contributed by atoms with Crippen LogP contribution in [0, 0.1) is 18.3 Å². The second kappa shape index (κ2) is 8.25. The molecule has 0 amide bonds. The molecule has 0 N–H and O–H groups in total. The quantitative estimate of drug-likeness (QED) is 0.616. The normalized spacial score (nSPS) is 20.4. The minimum Gasteiger partial charge on any atom is -0.372 e. The molecule has 1 aliphatic rings. The molecule has 7 nitrogen and oxygen atoms in total. The highest BCUT2D eigenvalue weighted by Crippen LogP contribution is 2.35. The van der Waals surface area contributed by atoms with Gasteiger partial charge in [-0.3, -0.25) is 0 Å². The zero-order chi connectivity index (χ0) is 22.2. The van der Waals surface area contributed by atoms with Crippen LogP contribution in [0.4, 0.5) is 5.82 Å². The Balaban J connectivity index is 1.91. The van der Waals surface area contributed by atoms with Crippen LogP contribution in [0.3, 0.4) is 0 Å². The third-order valence-electron chi connectivity index (χ3n) is 5.29. The van der Waals surface area contributed by atoms with Crippen molar-refractivity contribution in [3.8, 4) is 6.07 Å². The lowest BCUT2D eigenvalue weighted by atomic mass is 10.2. The van der Waals surface area contributed by atoms with Crippen LogP contribution in [0.25, 0.3) is 11.0 Å². The second-order valence-corrected chi connectivity index (χ2v) is 9.99. The predicted octanol–water partition coefficient (Wildman–Crippen LogP) is 3.59. The number of para-hydroxylation sites is 2. The highest BCUT2D eigenvalue weighted by Gasteiger charge is 2.36. The Morgan fingerprint density at radius 1 is 1.06 bits per heavy atom. The number of hydrogen-bond donors (Lipinski definition) is 0. The van der Waals surface area contributed by atoms with Crippen LogP contribution in [-0.4, -0.2) is 43.7 Å². The van der Waals surface area contributed by atoms with E-state index in [0.717, 1.165) is 5.56 Å². The van der Waals surface area contributed by atoms with Crippen molar-refractivity contribution >= 4 is 26.7 Å². The van der Waals surface area contributed by atoms with Gasteiger partial charge in [-0.25, -0.2) is 18.4 Å². The summed E-state index contributed by atoms with van der Waals surface area (Å²) < 4.78 is 32.8. The van der Waals surface area contributed by atoms with Crippen molar-refractivity contribution < 1.29 is 13.2 Å². The predicted molar refractivity (Wildman–Crippen MR) is 118 cm³/mol. The summed E-state index contributed by atoms with van der Waals surface area (Å²) in [6.07, 6.45) is -0.113. The summed E-state index contributed by atoms with van der Waals surface area (Å²) in [4.78, 5) is 11.5. The van der Waals surface area contributed by atoms with E-state index >= 15 is 0 Å². The van der Waals surface area contributed by atoms with Crippen molar-refractivity contribution in [1.29, 1.82) is 5.26 Å². The topological polar surface area (TPSA) is 96.2 Å². The van der Waals surface area contributed by atoms with Gasteiger partial charge in [-0.05, 0) is 50.6 Å². The van der Waals surface area contributed by atoms with Crippen LogP contribution in [0.5, 0.6) is 0 Å². The number of aromatic nitrogens is 2. The number of nitriles is 1. The molecule has 4 rings (SSSR count). The molecule has 160 valence electrons. The minimum absolute atomic E-state index is 0.0567. The zero-order valence-electron chi connectivity index (χ0n) is 17.7. The van der Waals surface area contributed by atoms with E-state index in [1.807, 2.05) is 56.0 Å². The first-order chi connectivity index (χ1) is 14.8. The van der Waals surface area contributed by atoms with Gasteiger partial charge in [0.2, 0.25) is 9.84 Å². The number of aryl methyl sites for hydroxylation is 1. The largest absolute Gasteiger partial charge is 0.372 e. The zero-order valence-corrected chi connectivity index (χ0v) is 18.5. The van der Waals surface area contributed by atoms with Crippen molar-refractivity contribution in [2.24, 2.45) is 0 Å². The Kier molecular flexibility index (Phi) is 5.65. The van der Waals surface area contributed by atoms with Crippen molar-refractivity contribution in [3.05, 3.63) is 59.8 Å². The van der Waals surface area contributed by atoms with E-state index in [1.165, 1.54) is 6.07 Å². The maximum atomic E-state index is 13.5. The Labute approximate surface area is 182 Å². The Bertz CT molecular complexity index is 1260. The molecule has 1 aromatic heterocycles. The van der Waals surface area contributed by atoms with Gasteiger partial charge >= 0.3 is 0 Å². The number of sulfone groups is 1. The van der Waals surface area contributed by atoms with E-state index in [1.54, 1.807) is 18.2 Å². The molecule has 0 unspecified atom stereocenters. The molecule has 1 saturated heterocycles. The third-order valence-corrected chi connectivity index (χ3v) is 7.15. The van der Waals surface area contributed by atoms with Gasteiger partial charge in [0.05, 0.1) is 34.2 Å². The van der Waals surface area contributed by atoms with E-state index in [9.17, 15) is 13.7 Å². The monoisotopic (exact) mass is 436 g/mol. The number of anilines is 1. The van der Waals surface area contributed by atoms with Crippen LogP contribution in [0.15, 0.2) is 53.4 Å². The van der Waals surface area contributed by atoms with Crippen LogP contribution < -0.4 is 4.90 Å². The molecule has 2 aromatic carbocycles. The summed E-state index contributed by atoms with van der Waals surface area (Å²) in [5.41, 5.74) is 2.16. The fraction of sp³-hybridized carbons (Fsp3) is 0.348. The average Bonchev–Trinajstić information content (AvgIpc) is 2.73. The van der Waals surface area contributed by atoms with Gasteiger partial charge in [0.25, 0.3) is 0 Å². The summed E-state index contributed by atoms with van der Waals surface area (Å²) in [5.74, 6) is 0.420. The molecule has 1 aliphatic heterocycles. The van der Waals surface area contributed by atoms with E-state index < -0.39 is 15.1 Å². The first-order valence-corrected chi connectivity index (χ1v) is 11.7. The smallest absolute Gasteiger partial charge is 0.200 e. The maximum Gasteiger partial charge on any atom is 0.200 e. The van der Waals surface area contributed by atoms with Gasteiger partial charge in [-0.2, -0.15) is 5.26 Å². The summed E-state index contributed by atoms with van der Waals surface area (Å²) >= 11 is 0. The second-order valence-electron chi connectivity index (χ2n) is 7.95. The molecule has 3 aromatic rings. The van der Waals surface area contributed by atoms with Crippen LogP contribution in [-0.2, 0) is 14.6 Å². The highest BCUT2D eigenvalue weighted by atomic mass is 32.2. The molecule has 0 aliphatic carbocycles. The number of benzene rings is 2. The van der Waals surface area contributed by atoms with Gasteiger partial charge in [0, 0.05) is 13.1 Å². The molecule has 1 fully saturated rings. The van der Waals surface area contributed by atoms with Crippen molar-refractivity contribution in [1.82, 2.24) is 9.97 Å².